The molecule has 1 aromatic heterocycles. The molecule has 0 fully saturated rings. The van der Waals surface area contributed by atoms with E-state index in [1.165, 1.54) is 11.1 Å². The van der Waals surface area contributed by atoms with Crippen molar-refractivity contribution in [3.05, 3.63) is 71.5 Å². The van der Waals surface area contributed by atoms with Crippen LogP contribution in [0.25, 0.3) is 0 Å². The molecule has 0 aliphatic carbocycles. The zero-order valence-corrected chi connectivity index (χ0v) is 16.6. The lowest BCUT2D eigenvalue weighted by atomic mass is 10.00. The van der Waals surface area contributed by atoms with Crippen LogP contribution in [0.2, 0.25) is 0 Å². The Morgan fingerprint density at radius 1 is 1.00 bits per heavy atom. The quantitative estimate of drug-likeness (QED) is 0.690. The van der Waals surface area contributed by atoms with Crippen LogP contribution in [0.15, 0.2) is 54.6 Å². The highest BCUT2D eigenvalue weighted by molar-refractivity contribution is 5.66. The van der Waals surface area contributed by atoms with Gasteiger partial charge in [0.15, 0.2) is 0 Å². The molecule has 2 heterocycles. The fraction of sp³-hybridized carbons (Fsp3) is 0.304. The lowest BCUT2D eigenvalue weighted by Gasteiger charge is -2.30. The molecule has 5 nitrogen and oxygen atoms in total. The standard InChI is InChI=1S/C23H26N4O/c1-16(2)28-21-11-7-6-10-20(21)26-22-14-23(25-17(3)24-22)27-13-12-18-8-4-5-9-19(18)15-27/h4-11,14,16H,12-13,15H2,1-3H3,(H,24,25,26). The van der Waals surface area contributed by atoms with E-state index in [0.717, 1.165) is 48.4 Å². The first-order valence-electron chi connectivity index (χ1n) is 9.78. The van der Waals surface area contributed by atoms with E-state index in [9.17, 15) is 0 Å². The molecule has 28 heavy (non-hydrogen) atoms. The predicted octanol–water partition coefficient (Wildman–Crippen LogP) is 4.88. The Morgan fingerprint density at radius 2 is 1.75 bits per heavy atom. The Kier molecular flexibility index (Phi) is 5.15. The number of hydrogen-bond donors (Lipinski definition) is 1. The van der Waals surface area contributed by atoms with Gasteiger partial charge in [-0.1, -0.05) is 36.4 Å². The van der Waals surface area contributed by atoms with Gasteiger partial charge in [-0.2, -0.15) is 0 Å². The van der Waals surface area contributed by atoms with Gasteiger partial charge < -0.3 is 15.0 Å². The van der Waals surface area contributed by atoms with Gasteiger partial charge in [0.1, 0.15) is 23.2 Å². The molecule has 0 bridgehead atoms. The van der Waals surface area contributed by atoms with Crippen LogP contribution in [0.5, 0.6) is 5.75 Å². The molecule has 4 rings (SSSR count). The van der Waals surface area contributed by atoms with E-state index in [0.29, 0.717) is 0 Å². The van der Waals surface area contributed by atoms with Crippen molar-refractivity contribution in [3.63, 3.8) is 0 Å². The lowest BCUT2D eigenvalue weighted by Crippen LogP contribution is -2.31. The molecule has 0 atom stereocenters. The van der Waals surface area contributed by atoms with Crippen LogP contribution in [-0.4, -0.2) is 22.6 Å². The molecule has 1 N–H and O–H groups in total. The Labute approximate surface area is 166 Å². The first-order chi connectivity index (χ1) is 13.6. The van der Waals surface area contributed by atoms with Gasteiger partial charge in [0.25, 0.3) is 0 Å². The van der Waals surface area contributed by atoms with Gasteiger partial charge in [-0.15, -0.1) is 0 Å². The second-order valence-electron chi connectivity index (χ2n) is 7.39. The Morgan fingerprint density at radius 3 is 2.57 bits per heavy atom. The second-order valence-corrected chi connectivity index (χ2v) is 7.39. The topological polar surface area (TPSA) is 50.3 Å². The van der Waals surface area contributed by atoms with E-state index in [1.807, 2.05) is 51.1 Å². The van der Waals surface area contributed by atoms with Crippen LogP contribution < -0.4 is 15.0 Å². The summed E-state index contributed by atoms with van der Waals surface area (Å²) in [6.45, 7) is 7.82. The summed E-state index contributed by atoms with van der Waals surface area (Å²) in [6.07, 6.45) is 1.15. The average Bonchev–Trinajstić information content (AvgIpc) is 2.68. The highest BCUT2D eigenvalue weighted by Crippen LogP contribution is 2.30. The fourth-order valence-electron chi connectivity index (χ4n) is 3.53. The summed E-state index contributed by atoms with van der Waals surface area (Å²) in [7, 11) is 0. The molecule has 0 radical (unpaired) electrons. The number of ether oxygens (including phenoxy) is 1. The van der Waals surface area contributed by atoms with Crippen LogP contribution in [0.1, 0.15) is 30.8 Å². The molecular weight excluding hydrogens is 348 g/mol. The van der Waals surface area contributed by atoms with Crippen molar-refractivity contribution < 1.29 is 4.74 Å². The van der Waals surface area contributed by atoms with Gasteiger partial charge in [0, 0.05) is 19.2 Å². The number of aryl methyl sites for hydroxylation is 1. The molecule has 3 aromatic rings. The molecule has 0 saturated carbocycles. The van der Waals surface area contributed by atoms with Crippen molar-refractivity contribution >= 4 is 17.3 Å². The molecule has 0 saturated heterocycles. The number of rotatable bonds is 5. The Bertz CT molecular complexity index is 970. The van der Waals surface area contributed by atoms with Gasteiger partial charge in [-0.05, 0) is 50.5 Å². The monoisotopic (exact) mass is 374 g/mol. The third-order valence-corrected chi connectivity index (χ3v) is 4.79. The van der Waals surface area contributed by atoms with E-state index in [1.54, 1.807) is 0 Å². The highest BCUT2D eigenvalue weighted by Gasteiger charge is 2.18. The zero-order chi connectivity index (χ0) is 19.5. The van der Waals surface area contributed by atoms with Crippen molar-refractivity contribution in [1.29, 1.82) is 0 Å². The van der Waals surface area contributed by atoms with Gasteiger partial charge in [0.2, 0.25) is 0 Å². The number of benzene rings is 2. The van der Waals surface area contributed by atoms with Crippen LogP contribution in [0.3, 0.4) is 0 Å². The van der Waals surface area contributed by atoms with Gasteiger partial charge in [-0.25, -0.2) is 9.97 Å². The largest absolute Gasteiger partial charge is 0.489 e. The smallest absolute Gasteiger partial charge is 0.143 e. The van der Waals surface area contributed by atoms with E-state index in [4.69, 9.17) is 4.74 Å². The molecular formula is C23H26N4O. The first-order valence-corrected chi connectivity index (χ1v) is 9.78. The third-order valence-electron chi connectivity index (χ3n) is 4.79. The summed E-state index contributed by atoms with van der Waals surface area (Å²) in [6, 6.07) is 18.6. The number of para-hydroxylation sites is 2. The zero-order valence-electron chi connectivity index (χ0n) is 16.6. The van der Waals surface area contributed by atoms with Crippen molar-refractivity contribution in [2.75, 3.05) is 16.8 Å². The molecule has 0 unspecified atom stereocenters. The number of aromatic nitrogens is 2. The maximum atomic E-state index is 5.92. The van der Waals surface area contributed by atoms with Crippen molar-refractivity contribution in [3.8, 4) is 5.75 Å². The minimum atomic E-state index is 0.110. The van der Waals surface area contributed by atoms with Crippen molar-refractivity contribution in [2.45, 2.75) is 39.8 Å². The summed E-state index contributed by atoms with van der Waals surface area (Å²) >= 11 is 0. The molecule has 2 aromatic carbocycles. The molecule has 144 valence electrons. The van der Waals surface area contributed by atoms with Gasteiger partial charge in [0.05, 0.1) is 11.8 Å². The molecule has 5 heteroatoms. The van der Waals surface area contributed by atoms with Crippen LogP contribution in [0.4, 0.5) is 17.3 Å². The first kappa shape index (κ1) is 18.3. The summed E-state index contributed by atoms with van der Waals surface area (Å²) in [4.78, 5) is 11.6. The summed E-state index contributed by atoms with van der Waals surface area (Å²) < 4.78 is 5.92. The van der Waals surface area contributed by atoms with Crippen molar-refractivity contribution in [1.82, 2.24) is 9.97 Å². The predicted molar refractivity (Wildman–Crippen MR) is 113 cm³/mol. The maximum Gasteiger partial charge on any atom is 0.143 e. The summed E-state index contributed by atoms with van der Waals surface area (Å²) in [5, 5.41) is 3.41. The van der Waals surface area contributed by atoms with Crippen LogP contribution in [-0.2, 0) is 13.0 Å². The average molecular weight is 374 g/mol. The second kappa shape index (κ2) is 7.89. The molecule has 1 aliphatic heterocycles. The van der Waals surface area contributed by atoms with Gasteiger partial charge in [-0.3, -0.25) is 0 Å². The van der Waals surface area contributed by atoms with Crippen LogP contribution >= 0.6 is 0 Å². The SMILES string of the molecule is Cc1nc(Nc2ccccc2OC(C)C)cc(N2CCc3ccccc3C2)n1. The molecule has 1 aliphatic rings. The number of fused-ring (bicyclic) bond motifs is 1. The summed E-state index contributed by atoms with van der Waals surface area (Å²) in [5.41, 5.74) is 3.71. The Balaban J connectivity index is 1.59. The molecule has 0 amide bonds. The van der Waals surface area contributed by atoms with Gasteiger partial charge >= 0.3 is 0 Å². The summed E-state index contributed by atoms with van der Waals surface area (Å²) in [5.74, 6) is 3.30. The van der Waals surface area contributed by atoms with E-state index in [-0.39, 0.29) is 6.10 Å². The van der Waals surface area contributed by atoms with E-state index < -0.39 is 0 Å². The maximum absolute atomic E-state index is 5.92. The number of nitrogens with zero attached hydrogens (tertiary/aromatic N) is 3. The fourth-order valence-corrected chi connectivity index (χ4v) is 3.53. The van der Waals surface area contributed by atoms with Crippen LogP contribution in [0, 0.1) is 6.92 Å². The minimum Gasteiger partial charge on any atom is -0.489 e. The van der Waals surface area contributed by atoms with E-state index >= 15 is 0 Å². The van der Waals surface area contributed by atoms with E-state index in [2.05, 4.69) is 44.5 Å². The minimum absolute atomic E-state index is 0.110. The highest BCUT2D eigenvalue weighted by atomic mass is 16.5. The number of nitrogens with one attached hydrogen (secondary N) is 1. The third kappa shape index (κ3) is 4.09. The number of hydrogen-bond acceptors (Lipinski definition) is 5. The lowest BCUT2D eigenvalue weighted by molar-refractivity contribution is 0.244. The molecule has 0 spiro atoms. The Hall–Kier alpha value is -3.08. The normalized spacial score (nSPS) is 13.4. The van der Waals surface area contributed by atoms with Crippen molar-refractivity contribution in [2.24, 2.45) is 0 Å². The number of anilines is 3.